The Morgan fingerprint density at radius 3 is 2.40 bits per heavy atom. The van der Waals surface area contributed by atoms with Crippen molar-refractivity contribution in [3.05, 3.63) is 23.7 Å². The van der Waals surface area contributed by atoms with Gasteiger partial charge in [0, 0.05) is 5.41 Å². The zero-order chi connectivity index (χ0) is 10.9. The summed E-state index contributed by atoms with van der Waals surface area (Å²) in [6, 6.07) is 4.24. The van der Waals surface area contributed by atoms with Crippen molar-refractivity contribution in [1.29, 1.82) is 0 Å². The van der Waals surface area contributed by atoms with Gasteiger partial charge in [0.2, 0.25) is 0 Å². The van der Waals surface area contributed by atoms with Crippen LogP contribution in [0.5, 0.6) is 0 Å². The SMILES string of the molecule is CC(C)(C)c1ccc(CN2CCCC2)o1. The van der Waals surface area contributed by atoms with E-state index in [2.05, 4.69) is 37.8 Å². The van der Waals surface area contributed by atoms with Crippen LogP contribution in [0.1, 0.15) is 45.1 Å². The van der Waals surface area contributed by atoms with Gasteiger partial charge in [-0.25, -0.2) is 0 Å². The number of rotatable bonds is 2. The Balaban J connectivity index is 2.00. The third-order valence-electron chi connectivity index (χ3n) is 2.98. The van der Waals surface area contributed by atoms with Gasteiger partial charge < -0.3 is 4.42 Å². The molecule has 0 atom stereocenters. The van der Waals surface area contributed by atoms with E-state index in [0.717, 1.165) is 18.1 Å². The average molecular weight is 207 g/mol. The molecule has 1 aliphatic rings. The summed E-state index contributed by atoms with van der Waals surface area (Å²) in [6.45, 7) is 10.00. The average Bonchev–Trinajstić information content (AvgIpc) is 2.73. The summed E-state index contributed by atoms with van der Waals surface area (Å²) in [6.07, 6.45) is 2.68. The Hall–Kier alpha value is -0.760. The lowest BCUT2D eigenvalue weighted by Crippen LogP contribution is -2.18. The smallest absolute Gasteiger partial charge is 0.118 e. The van der Waals surface area contributed by atoms with Gasteiger partial charge in [0.05, 0.1) is 6.54 Å². The van der Waals surface area contributed by atoms with Crippen LogP contribution in [0.2, 0.25) is 0 Å². The molecule has 84 valence electrons. The van der Waals surface area contributed by atoms with Crippen LogP contribution in [0, 0.1) is 0 Å². The number of nitrogens with zero attached hydrogens (tertiary/aromatic N) is 1. The molecule has 0 spiro atoms. The van der Waals surface area contributed by atoms with Gasteiger partial charge in [-0.3, -0.25) is 4.90 Å². The molecule has 0 aliphatic carbocycles. The number of furan rings is 1. The molecule has 1 saturated heterocycles. The first-order chi connectivity index (χ1) is 7.05. The Labute approximate surface area is 92.3 Å². The second-order valence-electron chi connectivity index (χ2n) is 5.50. The third kappa shape index (κ3) is 2.63. The van der Waals surface area contributed by atoms with Crippen LogP contribution in [-0.4, -0.2) is 18.0 Å². The van der Waals surface area contributed by atoms with Crippen molar-refractivity contribution in [1.82, 2.24) is 4.90 Å². The Kier molecular flexibility index (Phi) is 2.87. The first-order valence-electron chi connectivity index (χ1n) is 5.87. The Bertz CT molecular complexity index is 316. The van der Waals surface area contributed by atoms with Gasteiger partial charge in [-0.15, -0.1) is 0 Å². The van der Waals surface area contributed by atoms with E-state index in [1.807, 2.05) is 0 Å². The molecule has 1 aliphatic heterocycles. The van der Waals surface area contributed by atoms with Crippen molar-refractivity contribution in [2.45, 2.75) is 45.6 Å². The van der Waals surface area contributed by atoms with Gasteiger partial charge in [-0.05, 0) is 38.1 Å². The van der Waals surface area contributed by atoms with E-state index in [-0.39, 0.29) is 5.41 Å². The van der Waals surface area contributed by atoms with Crippen LogP contribution in [0.4, 0.5) is 0 Å². The highest BCUT2D eigenvalue weighted by Crippen LogP contribution is 2.25. The molecule has 0 radical (unpaired) electrons. The van der Waals surface area contributed by atoms with Crippen LogP contribution in [-0.2, 0) is 12.0 Å². The number of hydrogen-bond acceptors (Lipinski definition) is 2. The second kappa shape index (κ2) is 4.01. The summed E-state index contributed by atoms with van der Waals surface area (Å²) in [5.41, 5.74) is 0.128. The highest BCUT2D eigenvalue weighted by Gasteiger charge is 2.19. The zero-order valence-corrected chi connectivity index (χ0v) is 10.0. The van der Waals surface area contributed by atoms with Gasteiger partial charge >= 0.3 is 0 Å². The minimum atomic E-state index is 0.128. The molecular formula is C13H21NO. The largest absolute Gasteiger partial charge is 0.464 e. The molecule has 0 amide bonds. The minimum absolute atomic E-state index is 0.128. The molecule has 0 bridgehead atoms. The maximum Gasteiger partial charge on any atom is 0.118 e. The van der Waals surface area contributed by atoms with E-state index in [0.29, 0.717) is 0 Å². The van der Waals surface area contributed by atoms with Crippen molar-refractivity contribution in [2.24, 2.45) is 0 Å². The molecule has 2 rings (SSSR count). The van der Waals surface area contributed by atoms with Crippen LogP contribution < -0.4 is 0 Å². The van der Waals surface area contributed by atoms with Gasteiger partial charge in [0.1, 0.15) is 11.5 Å². The summed E-state index contributed by atoms with van der Waals surface area (Å²) < 4.78 is 5.87. The van der Waals surface area contributed by atoms with Crippen LogP contribution in [0.15, 0.2) is 16.5 Å². The summed E-state index contributed by atoms with van der Waals surface area (Å²) in [4.78, 5) is 2.46. The van der Waals surface area contributed by atoms with E-state index >= 15 is 0 Å². The summed E-state index contributed by atoms with van der Waals surface area (Å²) >= 11 is 0. The van der Waals surface area contributed by atoms with Crippen LogP contribution >= 0.6 is 0 Å². The molecule has 1 aromatic rings. The zero-order valence-electron chi connectivity index (χ0n) is 10.0. The number of hydrogen-bond donors (Lipinski definition) is 0. The quantitative estimate of drug-likeness (QED) is 0.740. The number of likely N-dealkylation sites (tertiary alicyclic amines) is 1. The van der Waals surface area contributed by atoms with Crippen molar-refractivity contribution in [2.75, 3.05) is 13.1 Å². The highest BCUT2D eigenvalue weighted by atomic mass is 16.3. The molecule has 2 heteroatoms. The van der Waals surface area contributed by atoms with Crippen molar-refractivity contribution in [3.63, 3.8) is 0 Å². The van der Waals surface area contributed by atoms with Gasteiger partial charge in [0.25, 0.3) is 0 Å². The fraction of sp³-hybridized carbons (Fsp3) is 0.692. The lowest BCUT2D eigenvalue weighted by atomic mass is 9.94. The topological polar surface area (TPSA) is 16.4 Å². The fourth-order valence-corrected chi connectivity index (χ4v) is 2.03. The summed E-state index contributed by atoms with van der Waals surface area (Å²) in [7, 11) is 0. The predicted molar refractivity (Wildman–Crippen MR) is 61.9 cm³/mol. The van der Waals surface area contributed by atoms with E-state index in [9.17, 15) is 0 Å². The standard InChI is InChI=1S/C13H21NO/c1-13(2,3)12-7-6-11(15-12)10-14-8-4-5-9-14/h6-7H,4-5,8-10H2,1-3H3. The molecular weight excluding hydrogens is 186 g/mol. The molecule has 2 heterocycles. The predicted octanol–water partition coefficient (Wildman–Crippen LogP) is 3.17. The summed E-state index contributed by atoms with van der Waals surface area (Å²) in [5.74, 6) is 2.21. The van der Waals surface area contributed by atoms with Crippen molar-refractivity contribution in [3.8, 4) is 0 Å². The molecule has 0 saturated carbocycles. The van der Waals surface area contributed by atoms with E-state index in [1.165, 1.54) is 25.9 Å². The van der Waals surface area contributed by atoms with Gasteiger partial charge in [0.15, 0.2) is 0 Å². The second-order valence-corrected chi connectivity index (χ2v) is 5.50. The Morgan fingerprint density at radius 1 is 1.20 bits per heavy atom. The molecule has 1 aromatic heterocycles. The lowest BCUT2D eigenvalue weighted by Gasteiger charge is -2.15. The first kappa shape index (κ1) is 10.7. The van der Waals surface area contributed by atoms with E-state index in [1.54, 1.807) is 0 Å². The molecule has 15 heavy (non-hydrogen) atoms. The molecule has 1 fully saturated rings. The van der Waals surface area contributed by atoms with E-state index in [4.69, 9.17) is 4.42 Å². The Morgan fingerprint density at radius 2 is 1.87 bits per heavy atom. The van der Waals surface area contributed by atoms with Gasteiger partial charge in [-0.1, -0.05) is 20.8 Å². The monoisotopic (exact) mass is 207 g/mol. The lowest BCUT2D eigenvalue weighted by molar-refractivity contribution is 0.283. The summed E-state index contributed by atoms with van der Waals surface area (Å²) in [5, 5.41) is 0. The molecule has 2 nitrogen and oxygen atoms in total. The van der Waals surface area contributed by atoms with Crippen molar-refractivity contribution < 1.29 is 4.42 Å². The molecule has 0 unspecified atom stereocenters. The third-order valence-corrected chi connectivity index (χ3v) is 2.98. The maximum atomic E-state index is 5.87. The molecule has 0 aromatic carbocycles. The normalized spacial score (nSPS) is 18.6. The first-order valence-corrected chi connectivity index (χ1v) is 5.87. The van der Waals surface area contributed by atoms with Gasteiger partial charge in [-0.2, -0.15) is 0 Å². The maximum absolute atomic E-state index is 5.87. The fourth-order valence-electron chi connectivity index (χ4n) is 2.03. The molecule has 0 N–H and O–H groups in total. The van der Waals surface area contributed by atoms with Crippen LogP contribution in [0.3, 0.4) is 0 Å². The van der Waals surface area contributed by atoms with E-state index < -0.39 is 0 Å². The van der Waals surface area contributed by atoms with Crippen LogP contribution in [0.25, 0.3) is 0 Å². The highest BCUT2D eigenvalue weighted by molar-refractivity contribution is 5.14. The minimum Gasteiger partial charge on any atom is -0.464 e. The van der Waals surface area contributed by atoms with Crippen molar-refractivity contribution >= 4 is 0 Å².